The Bertz CT molecular complexity index is 407. The molecule has 68 valence electrons. The Balaban J connectivity index is 0.000000980. The minimum Gasteiger partial charge on any atom is -0.382 e. The lowest BCUT2D eigenvalue weighted by atomic mass is 10.2. The van der Waals surface area contributed by atoms with Gasteiger partial charge in [-0.1, -0.05) is 6.07 Å². The number of rotatable bonds is 1. The largest absolute Gasteiger partial charge is 0.382 e. The van der Waals surface area contributed by atoms with Crippen molar-refractivity contribution < 1.29 is 1.43 Å². The van der Waals surface area contributed by atoms with Gasteiger partial charge in [-0.3, -0.25) is 10.1 Å². The zero-order valence-corrected chi connectivity index (χ0v) is 7.28. The Morgan fingerprint density at radius 3 is 2.85 bits per heavy atom. The average Bonchev–Trinajstić information content (AvgIpc) is 2.53. The molecule has 4 nitrogen and oxygen atoms in total. The SMILES string of the molecule is Cc1ccc(-c2cc(N)n[nH]2)nc1.[HH]. The molecule has 2 aromatic rings. The molecule has 0 radical (unpaired) electrons. The van der Waals surface area contributed by atoms with Gasteiger partial charge in [-0.05, 0) is 18.6 Å². The molecule has 0 aliphatic rings. The van der Waals surface area contributed by atoms with Gasteiger partial charge >= 0.3 is 0 Å². The summed E-state index contributed by atoms with van der Waals surface area (Å²) >= 11 is 0. The molecule has 4 heteroatoms. The lowest BCUT2D eigenvalue weighted by molar-refractivity contribution is 1.09. The van der Waals surface area contributed by atoms with Gasteiger partial charge in [-0.25, -0.2) is 0 Å². The van der Waals surface area contributed by atoms with Crippen LogP contribution in [-0.2, 0) is 0 Å². The maximum absolute atomic E-state index is 5.48. The van der Waals surface area contributed by atoms with E-state index in [1.807, 2.05) is 25.3 Å². The number of aryl methyl sites for hydroxylation is 1. The van der Waals surface area contributed by atoms with Crippen LogP contribution in [0.3, 0.4) is 0 Å². The van der Waals surface area contributed by atoms with Crippen LogP contribution in [0.2, 0.25) is 0 Å². The molecule has 0 aliphatic carbocycles. The van der Waals surface area contributed by atoms with Crippen molar-refractivity contribution in [3.63, 3.8) is 0 Å². The molecule has 13 heavy (non-hydrogen) atoms. The second-order valence-electron chi connectivity index (χ2n) is 2.93. The normalized spacial score (nSPS) is 10.2. The monoisotopic (exact) mass is 176 g/mol. The zero-order chi connectivity index (χ0) is 9.26. The quantitative estimate of drug-likeness (QED) is 0.693. The number of aromatic nitrogens is 3. The number of nitrogens with zero attached hydrogens (tertiary/aromatic N) is 2. The summed E-state index contributed by atoms with van der Waals surface area (Å²) in [4.78, 5) is 4.24. The summed E-state index contributed by atoms with van der Waals surface area (Å²) in [6.07, 6.45) is 1.81. The summed E-state index contributed by atoms with van der Waals surface area (Å²) in [6.45, 7) is 2.00. The lowest BCUT2D eigenvalue weighted by Crippen LogP contribution is -1.83. The highest BCUT2D eigenvalue weighted by atomic mass is 15.2. The molecule has 0 aromatic carbocycles. The van der Waals surface area contributed by atoms with Gasteiger partial charge in [0.1, 0.15) is 5.82 Å². The third-order valence-corrected chi connectivity index (χ3v) is 1.78. The molecule has 0 aliphatic heterocycles. The Labute approximate surface area is 77.3 Å². The van der Waals surface area contributed by atoms with Crippen molar-refractivity contribution in [1.82, 2.24) is 15.2 Å². The van der Waals surface area contributed by atoms with E-state index in [0.29, 0.717) is 5.82 Å². The fourth-order valence-corrected chi connectivity index (χ4v) is 1.10. The van der Waals surface area contributed by atoms with E-state index in [1.165, 1.54) is 0 Å². The van der Waals surface area contributed by atoms with Crippen molar-refractivity contribution in [2.45, 2.75) is 6.92 Å². The van der Waals surface area contributed by atoms with E-state index >= 15 is 0 Å². The van der Waals surface area contributed by atoms with Crippen LogP contribution in [0.25, 0.3) is 11.4 Å². The van der Waals surface area contributed by atoms with E-state index in [1.54, 1.807) is 6.07 Å². The third kappa shape index (κ3) is 1.51. The fourth-order valence-electron chi connectivity index (χ4n) is 1.10. The van der Waals surface area contributed by atoms with E-state index < -0.39 is 0 Å². The van der Waals surface area contributed by atoms with Crippen LogP contribution in [0.4, 0.5) is 5.82 Å². The standard InChI is InChI=1S/C9H10N4.H2/c1-6-2-3-7(11-5-6)8-4-9(10)13-12-8;/h2-5H,1H3,(H3,10,12,13);1H. The number of nitrogens with two attached hydrogens (primary N) is 1. The zero-order valence-electron chi connectivity index (χ0n) is 7.28. The molecular formula is C9H12N4. The van der Waals surface area contributed by atoms with Crippen molar-refractivity contribution in [3.05, 3.63) is 30.0 Å². The second kappa shape index (κ2) is 2.90. The molecule has 0 unspecified atom stereocenters. The van der Waals surface area contributed by atoms with Crippen molar-refractivity contribution >= 4 is 5.82 Å². The van der Waals surface area contributed by atoms with Crippen LogP contribution in [0.15, 0.2) is 24.4 Å². The van der Waals surface area contributed by atoms with Crippen molar-refractivity contribution in [3.8, 4) is 11.4 Å². The molecule has 0 saturated carbocycles. The first kappa shape index (κ1) is 7.79. The van der Waals surface area contributed by atoms with Crippen LogP contribution < -0.4 is 5.73 Å². The maximum Gasteiger partial charge on any atom is 0.145 e. The first-order valence-electron chi connectivity index (χ1n) is 3.99. The molecule has 2 aromatic heterocycles. The van der Waals surface area contributed by atoms with Crippen molar-refractivity contribution in [2.75, 3.05) is 5.73 Å². The van der Waals surface area contributed by atoms with Gasteiger partial charge in [0.25, 0.3) is 0 Å². The minimum absolute atomic E-state index is 0. The number of nitrogen functional groups attached to an aromatic ring is 1. The molecule has 0 fully saturated rings. The van der Waals surface area contributed by atoms with Crippen LogP contribution in [0, 0.1) is 6.92 Å². The number of hydrogen-bond donors (Lipinski definition) is 2. The Hall–Kier alpha value is -1.84. The number of nitrogens with one attached hydrogen (secondary N) is 1. The molecule has 0 amide bonds. The van der Waals surface area contributed by atoms with Gasteiger partial charge in [0, 0.05) is 13.7 Å². The summed E-state index contributed by atoms with van der Waals surface area (Å²) in [6, 6.07) is 5.69. The number of hydrogen-bond acceptors (Lipinski definition) is 3. The highest BCUT2D eigenvalue weighted by Gasteiger charge is 2.01. The van der Waals surface area contributed by atoms with Gasteiger partial charge < -0.3 is 5.73 Å². The van der Waals surface area contributed by atoms with E-state index in [-0.39, 0.29) is 1.43 Å². The van der Waals surface area contributed by atoms with Crippen LogP contribution in [0.5, 0.6) is 0 Å². The molecule has 0 saturated heterocycles. The second-order valence-corrected chi connectivity index (χ2v) is 2.93. The van der Waals surface area contributed by atoms with E-state index in [4.69, 9.17) is 5.73 Å². The van der Waals surface area contributed by atoms with Gasteiger partial charge in [-0.15, -0.1) is 0 Å². The minimum atomic E-state index is 0. The Morgan fingerprint density at radius 2 is 2.31 bits per heavy atom. The van der Waals surface area contributed by atoms with E-state index in [2.05, 4.69) is 15.2 Å². The highest BCUT2D eigenvalue weighted by molar-refractivity contribution is 5.57. The molecule has 0 atom stereocenters. The molecule has 2 rings (SSSR count). The first-order chi connectivity index (χ1) is 6.25. The van der Waals surface area contributed by atoms with Crippen molar-refractivity contribution in [2.24, 2.45) is 0 Å². The summed E-state index contributed by atoms with van der Waals surface area (Å²) in [5.41, 5.74) is 8.31. The smallest absolute Gasteiger partial charge is 0.145 e. The predicted molar refractivity (Wildman–Crippen MR) is 53.1 cm³/mol. The van der Waals surface area contributed by atoms with Crippen LogP contribution >= 0.6 is 0 Å². The van der Waals surface area contributed by atoms with Crippen LogP contribution in [0.1, 0.15) is 6.99 Å². The number of pyridine rings is 1. The van der Waals surface area contributed by atoms with Crippen LogP contribution in [-0.4, -0.2) is 15.2 Å². The van der Waals surface area contributed by atoms with Crippen molar-refractivity contribution in [1.29, 1.82) is 0 Å². The van der Waals surface area contributed by atoms with Gasteiger partial charge in [-0.2, -0.15) is 5.10 Å². The van der Waals surface area contributed by atoms with Gasteiger partial charge in [0.05, 0.1) is 11.4 Å². The summed E-state index contributed by atoms with van der Waals surface area (Å²) < 4.78 is 0. The summed E-state index contributed by atoms with van der Waals surface area (Å²) in [7, 11) is 0. The van der Waals surface area contributed by atoms with E-state index in [9.17, 15) is 0 Å². The molecule has 2 heterocycles. The lowest BCUT2D eigenvalue weighted by Gasteiger charge is -1.95. The molecular weight excluding hydrogens is 164 g/mol. The average molecular weight is 176 g/mol. The molecule has 3 N–H and O–H groups in total. The summed E-state index contributed by atoms with van der Waals surface area (Å²) in [5.74, 6) is 0.484. The molecule has 0 bridgehead atoms. The number of anilines is 1. The highest BCUT2D eigenvalue weighted by Crippen LogP contribution is 2.15. The predicted octanol–water partition coefficient (Wildman–Crippen LogP) is 1.61. The maximum atomic E-state index is 5.48. The topological polar surface area (TPSA) is 67.6 Å². The van der Waals surface area contributed by atoms with Gasteiger partial charge in [0.2, 0.25) is 0 Å². The molecule has 0 spiro atoms. The Kier molecular flexibility index (Phi) is 1.73. The third-order valence-electron chi connectivity index (χ3n) is 1.78. The van der Waals surface area contributed by atoms with Gasteiger partial charge in [0.15, 0.2) is 0 Å². The first-order valence-corrected chi connectivity index (χ1v) is 3.99. The van der Waals surface area contributed by atoms with E-state index in [0.717, 1.165) is 17.0 Å². The number of aromatic amines is 1. The Morgan fingerprint density at radius 1 is 1.46 bits per heavy atom. The fraction of sp³-hybridized carbons (Fsp3) is 0.111. The number of H-pyrrole nitrogens is 1. The summed E-state index contributed by atoms with van der Waals surface area (Å²) in [5, 5.41) is 6.63.